The summed E-state index contributed by atoms with van der Waals surface area (Å²) in [5, 5.41) is 8.91. The fourth-order valence-corrected chi connectivity index (χ4v) is 5.50. The van der Waals surface area contributed by atoms with Crippen LogP contribution in [0.1, 0.15) is 57.8 Å². The number of nitriles is 1. The van der Waals surface area contributed by atoms with Crippen molar-refractivity contribution in [3.63, 3.8) is 0 Å². The molecule has 0 bridgehead atoms. The Morgan fingerprint density at radius 2 is 1.58 bits per heavy atom. The van der Waals surface area contributed by atoms with Crippen LogP contribution < -0.4 is 0 Å². The van der Waals surface area contributed by atoms with E-state index in [0.717, 1.165) is 51.4 Å². The van der Waals surface area contributed by atoms with Gasteiger partial charge in [0.05, 0.1) is 11.8 Å². The summed E-state index contributed by atoms with van der Waals surface area (Å²) in [6, 6.07) is 2.11. The molecule has 0 heterocycles. The maximum Gasteiger partial charge on any atom is 0.215 e. The van der Waals surface area contributed by atoms with Gasteiger partial charge in [0.1, 0.15) is 6.54 Å². The molecule has 19 heavy (non-hydrogen) atoms. The van der Waals surface area contributed by atoms with Crippen LogP contribution in [0.15, 0.2) is 0 Å². The van der Waals surface area contributed by atoms with Crippen LogP contribution in [0.3, 0.4) is 0 Å². The first-order chi connectivity index (χ1) is 9.13. The lowest BCUT2D eigenvalue weighted by Crippen LogP contribution is -2.42. The fraction of sp³-hybridized carbons (Fsp3) is 0.929. The number of hydrogen-bond donors (Lipinski definition) is 0. The summed E-state index contributed by atoms with van der Waals surface area (Å²) in [4.78, 5) is 0. The molecule has 0 unspecified atom stereocenters. The standard InChI is InChI=1S/C14H24N2O2S/c15-10-11-16(14-8-4-5-9-14)19(17,18)12-13-6-2-1-3-7-13/h13-14H,1-9,11-12H2. The monoisotopic (exact) mass is 284 g/mol. The minimum atomic E-state index is -3.26. The molecule has 2 aliphatic carbocycles. The van der Waals surface area contributed by atoms with E-state index in [2.05, 4.69) is 0 Å². The van der Waals surface area contributed by atoms with Crippen molar-refractivity contribution in [3.8, 4) is 6.07 Å². The molecule has 5 heteroatoms. The van der Waals surface area contributed by atoms with Crippen molar-refractivity contribution >= 4 is 10.0 Å². The Morgan fingerprint density at radius 3 is 2.16 bits per heavy atom. The lowest BCUT2D eigenvalue weighted by molar-refractivity contribution is 0.334. The van der Waals surface area contributed by atoms with Crippen LogP contribution in [-0.4, -0.2) is 31.1 Å². The number of sulfonamides is 1. The SMILES string of the molecule is N#CCN(C1CCCC1)S(=O)(=O)CC1CCCCC1. The molecule has 0 aromatic carbocycles. The molecule has 2 rings (SSSR count). The van der Waals surface area contributed by atoms with Crippen molar-refractivity contribution in [2.75, 3.05) is 12.3 Å². The van der Waals surface area contributed by atoms with E-state index < -0.39 is 10.0 Å². The molecule has 0 aliphatic heterocycles. The van der Waals surface area contributed by atoms with Crippen LogP contribution in [0.4, 0.5) is 0 Å². The Morgan fingerprint density at radius 1 is 1.00 bits per heavy atom. The van der Waals surface area contributed by atoms with E-state index in [1.165, 1.54) is 10.7 Å². The molecule has 2 saturated carbocycles. The molecule has 0 amide bonds. The van der Waals surface area contributed by atoms with Gasteiger partial charge in [-0.25, -0.2) is 8.42 Å². The van der Waals surface area contributed by atoms with Gasteiger partial charge in [0, 0.05) is 6.04 Å². The second-order valence-corrected chi connectivity index (χ2v) is 7.89. The second-order valence-electron chi connectivity index (χ2n) is 5.92. The average molecular weight is 284 g/mol. The molecule has 2 aliphatic rings. The normalized spacial score (nSPS) is 22.7. The molecule has 4 nitrogen and oxygen atoms in total. The smallest absolute Gasteiger partial charge is 0.212 e. The van der Waals surface area contributed by atoms with Crippen molar-refractivity contribution in [2.45, 2.75) is 63.8 Å². The molecule has 0 radical (unpaired) electrons. The largest absolute Gasteiger partial charge is 0.215 e. The predicted octanol–water partition coefficient (Wildman–Crippen LogP) is 2.66. The molecule has 0 saturated heterocycles. The van der Waals surface area contributed by atoms with Gasteiger partial charge in [-0.3, -0.25) is 0 Å². The van der Waals surface area contributed by atoms with Crippen LogP contribution in [0, 0.1) is 17.2 Å². The zero-order valence-electron chi connectivity index (χ0n) is 11.6. The van der Waals surface area contributed by atoms with Gasteiger partial charge in [0.2, 0.25) is 10.0 Å². The number of rotatable bonds is 5. The lowest BCUT2D eigenvalue weighted by Gasteiger charge is -2.29. The molecular weight excluding hydrogens is 260 g/mol. The zero-order chi connectivity index (χ0) is 13.7. The molecule has 0 spiro atoms. The zero-order valence-corrected chi connectivity index (χ0v) is 12.4. The minimum absolute atomic E-state index is 0.0275. The van der Waals surface area contributed by atoms with Gasteiger partial charge in [-0.15, -0.1) is 0 Å². The first kappa shape index (κ1) is 14.8. The Balaban J connectivity index is 2.03. The highest BCUT2D eigenvalue weighted by Crippen LogP contribution is 2.29. The van der Waals surface area contributed by atoms with E-state index in [9.17, 15) is 8.42 Å². The summed E-state index contributed by atoms with van der Waals surface area (Å²) < 4.78 is 26.6. The van der Waals surface area contributed by atoms with Crippen LogP contribution in [0.5, 0.6) is 0 Å². The van der Waals surface area contributed by atoms with E-state index in [1.54, 1.807) is 0 Å². The van der Waals surface area contributed by atoms with Gasteiger partial charge in [-0.1, -0.05) is 32.1 Å². The van der Waals surface area contributed by atoms with Gasteiger partial charge >= 0.3 is 0 Å². The highest BCUT2D eigenvalue weighted by Gasteiger charge is 2.33. The first-order valence-electron chi connectivity index (χ1n) is 7.50. The van der Waals surface area contributed by atoms with Crippen molar-refractivity contribution in [3.05, 3.63) is 0 Å². The second kappa shape index (κ2) is 6.71. The van der Waals surface area contributed by atoms with Gasteiger partial charge in [-0.05, 0) is 31.6 Å². The number of nitrogens with zero attached hydrogens (tertiary/aromatic N) is 2. The topological polar surface area (TPSA) is 61.2 Å². The van der Waals surface area contributed by atoms with E-state index in [4.69, 9.17) is 5.26 Å². The van der Waals surface area contributed by atoms with E-state index in [-0.39, 0.29) is 18.3 Å². The lowest BCUT2D eigenvalue weighted by atomic mass is 9.91. The molecule has 108 valence electrons. The van der Waals surface area contributed by atoms with Crippen molar-refractivity contribution in [1.82, 2.24) is 4.31 Å². The highest BCUT2D eigenvalue weighted by molar-refractivity contribution is 7.89. The molecule has 2 fully saturated rings. The van der Waals surface area contributed by atoms with E-state index >= 15 is 0 Å². The van der Waals surface area contributed by atoms with Crippen molar-refractivity contribution in [2.24, 2.45) is 5.92 Å². The Labute approximate surface area is 116 Å². The Hall–Kier alpha value is -0.600. The third-order valence-corrected chi connectivity index (χ3v) is 6.52. The molecule has 0 aromatic heterocycles. The predicted molar refractivity (Wildman–Crippen MR) is 74.9 cm³/mol. The summed E-state index contributed by atoms with van der Waals surface area (Å²) >= 11 is 0. The van der Waals surface area contributed by atoms with Gasteiger partial charge in [-0.2, -0.15) is 9.57 Å². The number of hydrogen-bond acceptors (Lipinski definition) is 3. The maximum absolute atomic E-state index is 12.6. The first-order valence-corrected chi connectivity index (χ1v) is 9.11. The average Bonchev–Trinajstić information content (AvgIpc) is 2.90. The summed E-state index contributed by atoms with van der Waals surface area (Å²) in [6.07, 6.45) is 9.63. The summed E-state index contributed by atoms with van der Waals surface area (Å²) in [7, 11) is -3.26. The minimum Gasteiger partial charge on any atom is -0.212 e. The van der Waals surface area contributed by atoms with Crippen molar-refractivity contribution < 1.29 is 8.42 Å². The maximum atomic E-state index is 12.6. The molecule has 0 N–H and O–H groups in total. The van der Waals surface area contributed by atoms with Gasteiger partial charge in [0.25, 0.3) is 0 Å². The fourth-order valence-electron chi connectivity index (χ4n) is 3.46. The van der Waals surface area contributed by atoms with Crippen LogP contribution >= 0.6 is 0 Å². The van der Waals surface area contributed by atoms with E-state index in [0.29, 0.717) is 5.92 Å². The van der Waals surface area contributed by atoms with Gasteiger partial charge < -0.3 is 0 Å². The van der Waals surface area contributed by atoms with E-state index in [1.807, 2.05) is 6.07 Å². The van der Waals surface area contributed by atoms with Crippen LogP contribution in [0.2, 0.25) is 0 Å². The Kier molecular flexibility index (Phi) is 5.23. The summed E-state index contributed by atoms with van der Waals surface area (Å²) in [5.41, 5.74) is 0. The van der Waals surface area contributed by atoms with Crippen molar-refractivity contribution in [1.29, 1.82) is 5.26 Å². The molecule has 0 atom stereocenters. The third kappa shape index (κ3) is 3.93. The third-order valence-electron chi connectivity index (χ3n) is 4.49. The van der Waals surface area contributed by atoms with Gasteiger partial charge in [0.15, 0.2) is 0 Å². The quantitative estimate of drug-likeness (QED) is 0.729. The molecular formula is C14H24N2O2S. The van der Waals surface area contributed by atoms with Crippen LogP contribution in [0.25, 0.3) is 0 Å². The van der Waals surface area contributed by atoms with Crippen LogP contribution in [-0.2, 0) is 10.0 Å². The summed E-state index contributed by atoms with van der Waals surface area (Å²) in [5.74, 6) is 0.562. The molecule has 0 aromatic rings. The Bertz CT molecular complexity index is 415. The summed E-state index contributed by atoms with van der Waals surface area (Å²) in [6.45, 7) is 0.0275. The highest BCUT2D eigenvalue weighted by atomic mass is 32.2.